The van der Waals surface area contributed by atoms with E-state index in [0.717, 1.165) is 0 Å². The highest BCUT2D eigenvalue weighted by Gasteiger charge is 2.24. The molecule has 6 heteroatoms. The quantitative estimate of drug-likeness (QED) is 0.768. The number of nitrogens with two attached hydrogens (primary N) is 1. The number of rotatable bonds is 3. The first kappa shape index (κ1) is 13.5. The van der Waals surface area contributed by atoms with Gasteiger partial charge in [0.25, 0.3) is 0 Å². The molecule has 17 heavy (non-hydrogen) atoms. The summed E-state index contributed by atoms with van der Waals surface area (Å²) in [5.41, 5.74) is 4.49. The van der Waals surface area contributed by atoms with E-state index in [9.17, 15) is 9.59 Å². The molecule has 1 aromatic carbocycles. The Balaban J connectivity index is 3.12. The number of carbonyl (C=O) groups is 2. The van der Waals surface area contributed by atoms with Crippen LogP contribution >= 0.6 is 11.6 Å². The van der Waals surface area contributed by atoms with E-state index in [1.165, 1.54) is 26.0 Å². The number of hydrogen-bond donors (Lipinski definition) is 3. The molecule has 1 amide bonds. The van der Waals surface area contributed by atoms with Crippen LogP contribution in [-0.2, 0) is 4.79 Å². The van der Waals surface area contributed by atoms with Gasteiger partial charge in [-0.25, -0.2) is 4.79 Å². The summed E-state index contributed by atoms with van der Waals surface area (Å²) in [6, 6.07) is 4.45. The lowest BCUT2D eigenvalue weighted by atomic mass is 10.1. The lowest BCUT2D eigenvalue weighted by molar-refractivity contribution is -0.120. The summed E-state index contributed by atoms with van der Waals surface area (Å²) in [6.45, 7) is 3.04. The van der Waals surface area contributed by atoms with Crippen molar-refractivity contribution in [1.29, 1.82) is 0 Å². The molecular formula is C11H13ClN2O3. The normalized spacial score (nSPS) is 11.1. The molecule has 0 aromatic heterocycles. The summed E-state index contributed by atoms with van der Waals surface area (Å²) < 4.78 is 0. The van der Waals surface area contributed by atoms with Gasteiger partial charge < -0.3 is 16.2 Å². The van der Waals surface area contributed by atoms with Crippen molar-refractivity contribution in [3.05, 3.63) is 28.8 Å². The van der Waals surface area contributed by atoms with Crippen molar-refractivity contribution >= 4 is 29.2 Å². The van der Waals surface area contributed by atoms with E-state index in [2.05, 4.69) is 5.32 Å². The molecule has 4 N–H and O–H groups in total. The Hall–Kier alpha value is -1.59. The average molecular weight is 257 g/mol. The lowest BCUT2D eigenvalue weighted by Gasteiger charge is -2.18. The highest BCUT2D eigenvalue weighted by atomic mass is 35.5. The number of nitrogens with one attached hydrogen (secondary N) is 1. The van der Waals surface area contributed by atoms with Crippen LogP contribution in [0.1, 0.15) is 24.2 Å². The summed E-state index contributed by atoms with van der Waals surface area (Å²) in [5.74, 6) is -1.69. The van der Waals surface area contributed by atoms with Crippen LogP contribution in [0.5, 0.6) is 0 Å². The summed E-state index contributed by atoms with van der Waals surface area (Å²) in [6.07, 6.45) is 0. The van der Waals surface area contributed by atoms with Gasteiger partial charge in [-0.15, -0.1) is 0 Å². The Kier molecular flexibility index (Phi) is 3.75. The second-order valence-electron chi connectivity index (χ2n) is 4.14. The molecule has 0 fully saturated rings. The number of halogens is 1. The molecule has 0 unspecified atom stereocenters. The predicted molar refractivity (Wildman–Crippen MR) is 65.3 cm³/mol. The van der Waals surface area contributed by atoms with Crippen LogP contribution in [0.15, 0.2) is 18.2 Å². The highest BCUT2D eigenvalue weighted by Crippen LogP contribution is 2.24. The van der Waals surface area contributed by atoms with Gasteiger partial charge in [-0.3, -0.25) is 4.79 Å². The zero-order chi connectivity index (χ0) is 13.2. The second kappa shape index (κ2) is 4.73. The fourth-order valence-electron chi connectivity index (χ4n) is 1.13. The molecule has 0 heterocycles. The van der Waals surface area contributed by atoms with Gasteiger partial charge in [-0.1, -0.05) is 17.7 Å². The van der Waals surface area contributed by atoms with E-state index in [4.69, 9.17) is 22.4 Å². The molecule has 0 spiro atoms. The van der Waals surface area contributed by atoms with Crippen LogP contribution in [0.2, 0.25) is 5.02 Å². The van der Waals surface area contributed by atoms with E-state index in [1.807, 2.05) is 0 Å². The fourth-order valence-corrected chi connectivity index (χ4v) is 1.38. The van der Waals surface area contributed by atoms with Crippen molar-refractivity contribution in [1.82, 2.24) is 0 Å². The zero-order valence-corrected chi connectivity index (χ0v) is 10.2. The van der Waals surface area contributed by atoms with Gasteiger partial charge in [0, 0.05) is 0 Å². The molecule has 0 aliphatic rings. The fraction of sp³-hybridized carbons (Fsp3) is 0.273. The van der Waals surface area contributed by atoms with Crippen molar-refractivity contribution in [2.75, 3.05) is 5.32 Å². The molecule has 0 saturated heterocycles. The van der Waals surface area contributed by atoms with Gasteiger partial charge in [0.05, 0.1) is 16.2 Å². The standard InChI is InChI=1S/C11H13ClN2O3/c1-11(2,13)10(17)14-7-5-3-4-6(12)8(7)9(15)16/h3-5H,13H2,1-2H3,(H,14,17)(H,15,16). The predicted octanol–water partition coefficient (Wildman–Crippen LogP) is 1.71. The summed E-state index contributed by atoms with van der Waals surface area (Å²) in [7, 11) is 0. The zero-order valence-electron chi connectivity index (χ0n) is 9.45. The van der Waals surface area contributed by atoms with E-state index < -0.39 is 17.4 Å². The van der Waals surface area contributed by atoms with Gasteiger partial charge in [-0.2, -0.15) is 0 Å². The van der Waals surface area contributed by atoms with Crippen LogP contribution in [0.25, 0.3) is 0 Å². The Morgan fingerprint density at radius 2 is 2.00 bits per heavy atom. The van der Waals surface area contributed by atoms with Crippen molar-refractivity contribution in [2.24, 2.45) is 5.73 Å². The minimum absolute atomic E-state index is 0.0603. The first-order chi connectivity index (χ1) is 7.73. The Labute approximate surface area is 104 Å². The molecule has 0 aliphatic carbocycles. The molecule has 0 saturated carbocycles. The number of benzene rings is 1. The molecule has 0 bridgehead atoms. The third-order valence-corrected chi connectivity index (χ3v) is 2.38. The molecule has 92 valence electrons. The van der Waals surface area contributed by atoms with Gasteiger partial charge in [-0.05, 0) is 26.0 Å². The lowest BCUT2D eigenvalue weighted by Crippen LogP contribution is -2.45. The largest absolute Gasteiger partial charge is 0.478 e. The van der Waals surface area contributed by atoms with Gasteiger partial charge >= 0.3 is 5.97 Å². The van der Waals surface area contributed by atoms with E-state index in [-0.39, 0.29) is 16.3 Å². The van der Waals surface area contributed by atoms with E-state index >= 15 is 0 Å². The molecule has 0 aliphatic heterocycles. The van der Waals surface area contributed by atoms with E-state index in [1.54, 1.807) is 6.07 Å². The van der Waals surface area contributed by atoms with Crippen molar-refractivity contribution < 1.29 is 14.7 Å². The number of carboxylic acids is 1. The smallest absolute Gasteiger partial charge is 0.339 e. The van der Waals surface area contributed by atoms with Gasteiger partial charge in [0.1, 0.15) is 5.56 Å². The molecular weight excluding hydrogens is 244 g/mol. The van der Waals surface area contributed by atoms with Crippen LogP contribution in [0.3, 0.4) is 0 Å². The summed E-state index contributed by atoms with van der Waals surface area (Å²) in [5, 5.41) is 11.5. The average Bonchev–Trinajstić information content (AvgIpc) is 2.15. The van der Waals surface area contributed by atoms with Crippen molar-refractivity contribution in [2.45, 2.75) is 19.4 Å². The maximum absolute atomic E-state index is 11.6. The number of carboxylic acid groups (broad SMARTS) is 1. The minimum atomic E-state index is -1.21. The SMILES string of the molecule is CC(C)(N)C(=O)Nc1cccc(Cl)c1C(=O)O. The number of carbonyl (C=O) groups excluding carboxylic acids is 1. The summed E-state index contributed by atoms with van der Waals surface area (Å²) in [4.78, 5) is 22.7. The highest BCUT2D eigenvalue weighted by molar-refractivity contribution is 6.34. The third-order valence-electron chi connectivity index (χ3n) is 2.06. The van der Waals surface area contributed by atoms with Crippen LogP contribution < -0.4 is 11.1 Å². The molecule has 0 atom stereocenters. The maximum Gasteiger partial charge on any atom is 0.339 e. The number of hydrogen-bond acceptors (Lipinski definition) is 3. The Morgan fingerprint density at radius 3 is 2.47 bits per heavy atom. The second-order valence-corrected chi connectivity index (χ2v) is 4.55. The molecule has 1 aromatic rings. The van der Waals surface area contributed by atoms with Crippen molar-refractivity contribution in [3.8, 4) is 0 Å². The van der Waals surface area contributed by atoms with Crippen LogP contribution in [0, 0.1) is 0 Å². The summed E-state index contributed by atoms with van der Waals surface area (Å²) >= 11 is 5.76. The minimum Gasteiger partial charge on any atom is -0.478 e. The Bertz CT molecular complexity index is 466. The number of amides is 1. The first-order valence-corrected chi connectivity index (χ1v) is 5.23. The first-order valence-electron chi connectivity index (χ1n) is 4.85. The number of anilines is 1. The van der Waals surface area contributed by atoms with Crippen molar-refractivity contribution in [3.63, 3.8) is 0 Å². The van der Waals surface area contributed by atoms with Crippen LogP contribution in [0.4, 0.5) is 5.69 Å². The van der Waals surface area contributed by atoms with Crippen LogP contribution in [-0.4, -0.2) is 22.5 Å². The maximum atomic E-state index is 11.6. The van der Waals surface area contributed by atoms with Gasteiger partial charge in [0.15, 0.2) is 0 Å². The molecule has 1 rings (SSSR count). The van der Waals surface area contributed by atoms with E-state index in [0.29, 0.717) is 0 Å². The number of aromatic carboxylic acids is 1. The molecule has 5 nitrogen and oxygen atoms in total. The topological polar surface area (TPSA) is 92.4 Å². The monoisotopic (exact) mass is 256 g/mol. The Morgan fingerprint density at radius 1 is 1.41 bits per heavy atom. The molecule has 0 radical (unpaired) electrons. The third kappa shape index (κ3) is 3.18. The van der Waals surface area contributed by atoms with Gasteiger partial charge in [0.2, 0.25) is 5.91 Å².